The topological polar surface area (TPSA) is 105 Å². The third-order valence-electron chi connectivity index (χ3n) is 2.46. The minimum atomic E-state index is -0.783. The second-order valence-corrected chi connectivity index (χ2v) is 4.08. The highest BCUT2D eigenvalue weighted by Gasteiger charge is 2.25. The van der Waals surface area contributed by atoms with Crippen LogP contribution >= 0.6 is 11.6 Å². The zero-order chi connectivity index (χ0) is 14.7. The fourth-order valence-electron chi connectivity index (χ4n) is 1.55. The molecule has 0 saturated heterocycles. The van der Waals surface area contributed by atoms with E-state index in [1.54, 1.807) is 12.1 Å². The Morgan fingerprint density at radius 1 is 1.35 bits per heavy atom. The number of benzene rings is 1. The lowest BCUT2D eigenvalue weighted by Crippen LogP contribution is -2.14. The number of nitrogens with one attached hydrogen (secondary N) is 1. The molecule has 1 amide bonds. The molecule has 1 aromatic carbocycles. The van der Waals surface area contributed by atoms with E-state index in [1.807, 2.05) is 0 Å². The van der Waals surface area contributed by atoms with Crippen molar-refractivity contribution in [3.8, 4) is 5.75 Å². The van der Waals surface area contributed by atoms with Gasteiger partial charge in [0, 0.05) is 6.20 Å². The molecule has 1 heterocycles. The van der Waals surface area contributed by atoms with Crippen molar-refractivity contribution >= 4 is 28.9 Å². The van der Waals surface area contributed by atoms with Crippen molar-refractivity contribution in [1.82, 2.24) is 4.98 Å². The summed E-state index contributed by atoms with van der Waals surface area (Å²) in [5, 5.41) is 22.5. The highest BCUT2D eigenvalue weighted by atomic mass is 35.5. The van der Waals surface area contributed by atoms with Crippen LogP contribution in [0.1, 0.15) is 10.4 Å². The van der Waals surface area contributed by atoms with Gasteiger partial charge in [0.25, 0.3) is 5.91 Å². The molecule has 8 heteroatoms. The maximum absolute atomic E-state index is 12.0. The van der Waals surface area contributed by atoms with Crippen molar-refractivity contribution in [3.05, 3.63) is 57.4 Å². The number of para-hydroxylation sites is 2. The van der Waals surface area contributed by atoms with Crippen LogP contribution in [0.5, 0.6) is 5.75 Å². The Hall–Kier alpha value is -2.67. The minimum absolute atomic E-state index is 0.139. The Morgan fingerprint density at radius 3 is 2.70 bits per heavy atom. The molecule has 7 nitrogen and oxygen atoms in total. The number of rotatable bonds is 3. The van der Waals surface area contributed by atoms with Crippen molar-refractivity contribution in [3.63, 3.8) is 0 Å². The number of carbonyl (C=O) groups excluding carboxylic acids is 1. The number of nitrogens with zero attached hydrogens (tertiary/aromatic N) is 2. The van der Waals surface area contributed by atoms with E-state index < -0.39 is 16.5 Å². The standard InChI is InChI=1S/C12H8ClN3O4/c13-11-10(16(19)20)7(5-6-14-11)12(18)15-8-3-1-2-4-9(8)17/h1-6,17H,(H,15,18). The van der Waals surface area contributed by atoms with Crippen LogP contribution in [0.25, 0.3) is 0 Å². The normalized spacial score (nSPS) is 10.1. The molecule has 2 rings (SSSR count). The van der Waals surface area contributed by atoms with Gasteiger partial charge in [-0.15, -0.1) is 0 Å². The number of aromatic hydroxyl groups is 1. The van der Waals surface area contributed by atoms with Crippen LogP contribution in [0.4, 0.5) is 11.4 Å². The van der Waals surface area contributed by atoms with Gasteiger partial charge in [0.05, 0.1) is 10.6 Å². The Balaban J connectivity index is 2.38. The fraction of sp³-hybridized carbons (Fsp3) is 0. The van der Waals surface area contributed by atoms with Gasteiger partial charge in [-0.05, 0) is 18.2 Å². The quantitative estimate of drug-likeness (QED) is 0.391. The zero-order valence-electron chi connectivity index (χ0n) is 9.91. The highest BCUT2D eigenvalue weighted by molar-refractivity contribution is 6.32. The monoisotopic (exact) mass is 293 g/mol. The van der Waals surface area contributed by atoms with Crippen LogP contribution in [0.2, 0.25) is 5.15 Å². The molecule has 1 aromatic heterocycles. The number of carbonyl (C=O) groups is 1. The van der Waals surface area contributed by atoms with Crippen molar-refractivity contribution in [2.75, 3.05) is 5.32 Å². The molecule has 2 N–H and O–H groups in total. The molecular weight excluding hydrogens is 286 g/mol. The van der Waals surface area contributed by atoms with E-state index in [0.29, 0.717) is 0 Å². The number of amides is 1. The Kier molecular flexibility index (Phi) is 3.81. The number of halogens is 1. The first kappa shape index (κ1) is 13.8. The van der Waals surface area contributed by atoms with Gasteiger partial charge in [-0.25, -0.2) is 4.98 Å². The second-order valence-electron chi connectivity index (χ2n) is 3.73. The number of hydrogen-bond donors (Lipinski definition) is 2. The average Bonchev–Trinajstić information content (AvgIpc) is 2.40. The molecule has 0 bridgehead atoms. The summed E-state index contributed by atoms with van der Waals surface area (Å²) in [5.41, 5.74) is -0.680. The Bertz CT molecular complexity index is 690. The maximum atomic E-state index is 12.0. The average molecular weight is 294 g/mol. The summed E-state index contributed by atoms with van der Waals surface area (Å²) >= 11 is 5.62. The lowest BCUT2D eigenvalue weighted by atomic mass is 10.2. The molecule has 0 atom stereocenters. The van der Waals surface area contributed by atoms with Gasteiger partial charge in [0.15, 0.2) is 0 Å². The zero-order valence-corrected chi connectivity index (χ0v) is 10.7. The lowest BCUT2D eigenvalue weighted by Gasteiger charge is -2.07. The molecule has 0 aliphatic heterocycles. The van der Waals surface area contributed by atoms with E-state index in [-0.39, 0.29) is 22.2 Å². The summed E-state index contributed by atoms with van der Waals surface area (Å²) in [4.78, 5) is 25.7. The predicted octanol–water partition coefficient (Wildman–Crippen LogP) is 2.60. The summed E-state index contributed by atoms with van der Waals surface area (Å²) < 4.78 is 0. The lowest BCUT2D eigenvalue weighted by molar-refractivity contribution is -0.385. The van der Waals surface area contributed by atoms with Gasteiger partial charge in [-0.3, -0.25) is 14.9 Å². The number of phenolic OH excluding ortho intramolecular Hbond substituents is 1. The van der Waals surface area contributed by atoms with Gasteiger partial charge in [0.2, 0.25) is 5.15 Å². The van der Waals surface area contributed by atoms with Crippen LogP contribution < -0.4 is 5.32 Å². The SMILES string of the molecule is O=C(Nc1ccccc1O)c1ccnc(Cl)c1[N+](=O)[O-]. The molecule has 0 aliphatic carbocycles. The van der Waals surface area contributed by atoms with Crippen molar-refractivity contribution < 1.29 is 14.8 Å². The Morgan fingerprint density at radius 2 is 2.05 bits per heavy atom. The minimum Gasteiger partial charge on any atom is -0.506 e. The van der Waals surface area contributed by atoms with Crippen molar-refractivity contribution in [2.45, 2.75) is 0 Å². The predicted molar refractivity (Wildman–Crippen MR) is 72.0 cm³/mol. The number of anilines is 1. The maximum Gasteiger partial charge on any atom is 0.319 e. The van der Waals surface area contributed by atoms with Crippen molar-refractivity contribution in [1.29, 1.82) is 0 Å². The number of pyridine rings is 1. The van der Waals surface area contributed by atoms with E-state index in [4.69, 9.17) is 11.6 Å². The van der Waals surface area contributed by atoms with Crippen molar-refractivity contribution in [2.24, 2.45) is 0 Å². The highest BCUT2D eigenvalue weighted by Crippen LogP contribution is 2.28. The summed E-state index contributed by atoms with van der Waals surface area (Å²) in [6, 6.07) is 7.20. The smallest absolute Gasteiger partial charge is 0.319 e. The van der Waals surface area contributed by atoms with Gasteiger partial charge in [-0.1, -0.05) is 23.7 Å². The Labute approximate surface area is 118 Å². The first-order chi connectivity index (χ1) is 9.50. The van der Waals surface area contributed by atoms with Gasteiger partial charge < -0.3 is 10.4 Å². The van der Waals surface area contributed by atoms with Gasteiger partial charge in [-0.2, -0.15) is 0 Å². The van der Waals surface area contributed by atoms with E-state index >= 15 is 0 Å². The molecule has 20 heavy (non-hydrogen) atoms. The third kappa shape index (κ3) is 2.67. The molecule has 0 radical (unpaired) electrons. The second kappa shape index (κ2) is 5.54. The van der Waals surface area contributed by atoms with Gasteiger partial charge in [0.1, 0.15) is 11.3 Å². The van der Waals surface area contributed by atoms with E-state index in [1.165, 1.54) is 24.4 Å². The van der Waals surface area contributed by atoms with Crippen LogP contribution in [0.3, 0.4) is 0 Å². The largest absolute Gasteiger partial charge is 0.506 e. The summed E-state index contributed by atoms with van der Waals surface area (Å²) in [6.07, 6.45) is 1.19. The molecule has 0 saturated carbocycles. The van der Waals surface area contributed by atoms with Crippen LogP contribution in [0.15, 0.2) is 36.5 Å². The van der Waals surface area contributed by atoms with Crippen LogP contribution in [-0.2, 0) is 0 Å². The molecular formula is C12H8ClN3O4. The summed E-state index contributed by atoms with van der Waals surface area (Å²) in [7, 11) is 0. The number of phenols is 1. The van der Waals surface area contributed by atoms with Gasteiger partial charge >= 0.3 is 5.69 Å². The molecule has 102 valence electrons. The molecule has 0 aliphatic rings. The first-order valence-electron chi connectivity index (χ1n) is 5.39. The summed E-state index contributed by atoms with van der Waals surface area (Å²) in [6.45, 7) is 0. The number of aromatic nitrogens is 1. The molecule has 0 fully saturated rings. The fourth-order valence-corrected chi connectivity index (χ4v) is 1.78. The molecule has 0 unspecified atom stereocenters. The van der Waals surface area contributed by atoms with Crippen LogP contribution in [-0.4, -0.2) is 20.9 Å². The van der Waals surface area contributed by atoms with E-state index in [0.717, 1.165) is 0 Å². The number of nitro groups is 1. The summed E-state index contributed by atoms with van der Waals surface area (Å²) in [5.74, 6) is -0.911. The number of hydrogen-bond acceptors (Lipinski definition) is 5. The van der Waals surface area contributed by atoms with E-state index in [2.05, 4.69) is 10.3 Å². The third-order valence-corrected chi connectivity index (χ3v) is 2.74. The molecule has 2 aromatic rings. The van der Waals surface area contributed by atoms with Crippen LogP contribution in [0, 0.1) is 10.1 Å². The van der Waals surface area contributed by atoms with E-state index in [9.17, 15) is 20.0 Å². The molecule has 0 spiro atoms. The first-order valence-corrected chi connectivity index (χ1v) is 5.76.